The average Bonchev–Trinajstić information content (AvgIpc) is 2.95. The van der Waals surface area contributed by atoms with Crippen molar-refractivity contribution in [3.63, 3.8) is 0 Å². The van der Waals surface area contributed by atoms with Crippen LogP contribution in [0.1, 0.15) is 23.4 Å². The number of hydrogen-bond donors (Lipinski definition) is 2. The van der Waals surface area contributed by atoms with E-state index in [-0.39, 0.29) is 17.3 Å². The van der Waals surface area contributed by atoms with Crippen LogP contribution in [-0.4, -0.2) is 26.8 Å². The SMILES string of the molecule is Cc1c(NC(=O)NC2CCc3ncnn3C2)cccc1C(F)(F)F. The van der Waals surface area contributed by atoms with Crippen LogP contribution in [0.3, 0.4) is 0 Å². The quantitative estimate of drug-likeness (QED) is 0.884. The highest BCUT2D eigenvalue weighted by atomic mass is 19.4. The van der Waals surface area contributed by atoms with Gasteiger partial charge < -0.3 is 10.6 Å². The number of nitrogens with one attached hydrogen (secondary N) is 2. The minimum atomic E-state index is -4.45. The number of hydrogen-bond acceptors (Lipinski definition) is 3. The fraction of sp³-hybridized carbons (Fsp3) is 0.400. The lowest BCUT2D eigenvalue weighted by atomic mass is 10.1. The monoisotopic (exact) mass is 339 g/mol. The Bertz CT molecular complexity index is 756. The number of urea groups is 1. The Labute approximate surface area is 136 Å². The molecule has 2 N–H and O–H groups in total. The van der Waals surface area contributed by atoms with Crippen LogP contribution in [-0.2, 0) is 19.1 Å². The highest BCUT2D eigenvalue weighted by Gasteiger charge is 2.33. The van der Waals surface area contributed by atoms with Gasteiger partial charge in [-0.05, 0) is 31.0 Å². The van der Waals surface area contributed by atoms with Crippen LogP contribution in [0.2, 0.25) is 0 Å². The van der Waals surface area contributed by atoms with Gasteiger partial charge in [0.15, 0.2) is 0 Å². The molecular weight excluding hydrogens is 323 g/mol. The van der Waals surface area contributed by atoms with Gasteiger partial charge in [-0.15, -0.1) is 0 Å². The van der Waals surface area contributed by atoms with Crippen LogP contribution in [0.4, 0.5) is 23.7 Å². The number of halogens is 3. The predicted molar refractivity (Wildman–Crippen MR) is 80.5 cm³/mol. The van der Waals surface area contributed by atoms with Crippen LogP contribution < -0.4 is 10.6 Å². The van der Waals surface area contributed by atoms with E-state index in [1.165, 1.54) is 25.4 Å². The number of aryl methyl sites for hydroxylation is 1. The molecule has 0 fully saturated rings. The smallest absolute Gasteiger partial charge is 0.333 e. The minimum Gasteiger partial charge on any atom is -0.333 e. The summed E-state index contributed by atoms with van der Waals surface area (Å²) in [5.41, 5.74) is -0.632. The zero-order valence-electron chi connectivity index (χ0n) is 12.9. The Kier molecular flexibility index (Phi) is 4.16. The molecule has 128 valence electrons. The van der Waals surface area contributed by atoms with Gasteiger partial charge in [-0.3, -0.25) is 0 Å². The van der Waals surface area contributed by atoms with Gasteiger partial charge in [0.25, 0.3) is 0 Å². The molecule has 0 spiro atoms. The molecule has 1 unspecified atom stereocenters. The minimum absolute atomic E-state index is 0.0117. The second-order valence-electron chi connectivity index (χ2n) is 5.67. The first-order valence-electron chi connectivity index (χ1n) is 7.45. The summed E-state index contributed by atoms with van der Waals surface area (Å²) in [6, 6.07) is 3.02. The summed E-state index contributed by atoms with van der Waals surface area (Å²) in [5.74, 6) is 0.863. The van der Waals surface area contributed by atoms with E-state index in [4.69, 9.17) is 0 Å². The molecule has 24 heavy (non-hydrogen) atoms. The summed E-state index contributed by atoms with van der Waals surface area (Å²) >= 11 is 0. The van der Waals surface area contributed by atoms with Gasteiger partial charge in [0.05, 0.1) is 18.2 Å². The number of amides is 2. The van der Waals surface area contributed by atoms with Gasteiger partial charge >= 0.3 is 12.2 Å². The molecule has 0 aliphatic carbocycles. The Morgan fingerprint density at radius 1 is 1.38 bits per heavy atom. The van der Waals surface area contributed by atoms with Gasteiger partial charge in [0.2, 0.25) is 0 Å². The molecule has 2 amide bonds. The lowest BCUT2D eigenvalue weighted by Gasteiger charge is -2.24. The molecule has 9 heteroatoms. The Morgan fingerprint density at radius 2 is 2.17 bits per heavy atom. The van der Waals surface area contributed by atoms with E-state index in [1.807, 2.05) is 0 Å². The van der Waals surface area contributed by atoms with Crippen molar-refractivity contribution in [2.45, 2.75) is 38.5 Å². The summed E-state index contributed by atoms with van der Waals surface area (Å²) in [4.78, 5) is 16.2. The molecule has 1 atom stereocenters. The Balaban J connectivity index is 1.66. The maximum absolute atomic E-state index is 12.9. The molecule has 1 aromatic carbocycles. The van der Waals surface area contributed by atoms with E-state index in [1.54, 1.807) is 4.68 Å². The molecule has 0 bridgehead atoms. The van der Waals surface area contributed by atoms with E-state index >= 15 is 0 Å². The van der Waals surface area contributed by atoms with Crippen LogP contribution >= 0.6 is 0 Å². The molecule has 3 rings (SSSR count). The molecule has 0 saturated carbocycles. The lowest BCUT2D eigenvalue weighted by Crippen LogP contribution is -2.43. The normalized spacial score (nSPS) is 17.2. The number of alkyl halides is 3. The molecule has 1 aliphatic heterocycles. The van der Waals surface area contributed by atoms with E-state index in [0.717, 1.165) is 11.9 Å². The number of fused-ring (bicyclic) bond motifs is 1. The number of anilines is 1. The number of rotatable bonds is 2. The summed E-state index contributed by atoms with van der Waals surface area (Å²) in [5, 5.41) is 9.32. The zero-order chi connectivity index (χ0) is 17.3. The highest BCUT2D eigenvalue weighted by molar-refractivity contribution is 5.90. The van der Waals surface area contributed by atoms with Crippen molar-refractivity contribution in [1.29, 1.82) is 0 Å². The van der Waals surface area contributed by atoms with Gasteiger partial charge in [0.1, 0.15) is 12.2 Å². The van der Waals surface area contributed by atoms with Gasteiger partial charge in [-0.2, -0.15) is 18.3 Å². The van der Waals surface area contributed by atoms with E-state index in [9.17, 15) is 18.0 Å². The molecule has 6 nitrogen and oxygen atoms in total. The van der Waals surface area contributed by atoms with Crippen LogP contribution in [0.25, 0.3) is 0 Å². The summed E-state index contributed by atoms with van der Waals surface area (Å²) in [7, 11) is 0. The molecule has 2 heterocycles. The number of nitrogens with zero attached hydrogens (tertiary/aromatic N) is 3. The first-order chi connectivity index (χ1) is 11.3. The first kappa shape index (κ1) is 16.3. The van der Waals surface area contributed by atoms with Gasteiger partial charge in [-0.1, -0.05) is 6.07 Å². The van der Waals surface area contributed by atoms with Crippen molar-refractivity contribution >= 4 is 11.7 Å². The standard InChI is InChI=1S/C15H16F3N5O/c1-9-11(15(16,17)18)3-2-4-12(9)22-14(24)21-10-5-6-13-19-8-20-23(13)7-10/h2-4,8,10H,5-7H2,1H3,(H2,21,22,24). The predicted octanol–water partition coefficient (Wildman–Crippen LogP) is 2.74. The first-order valence-corrected chi connectivity index (χ1v) is 7.45. The topological polar surface area (TPSA) is 71.8 Å². The van der Waals surface area contributed by atoms with Crippen LogP contribution in [0.15, 0.2) is 24.5 Å². The molecule has 0 saturated heterocycles. The van der Waals surface area contributed by atoms with E-state index < -0.39 is 17.8 Å². The third-order valence-corrected chi connectivity index (χ3v) is 4.03. The zero-order valence-corrected chi connectivity index (χ0v) is 12.9. The van der Waals surface area contributed by atoms with E-state index in [2.05, 4.69) is 20.7 Å². The molecule has 1 aliphatic rings. The molecule has 1 aromatic heterocycles. The van der Waals surface area contributed by atoms with Crippen molar-refractivity contribution in [2.24, 2.45) is 0 Å². The number of carbonyl (C=O) groups excluding carboxylic acids is 1. The fourth-order valence-corrected chi connectivity index (χ4v) is 2.78. The number of benzene rings is 1. The highest BCUT2D eigenvalue weighted by Crippen LogP contribution is 2.34. The largest absolute Gasteiger partial charge is 0.416 e. The Hall–Kier alpha value is -2.58. The van der Waals surface area contributed by atoms with Crippen LogP contribution in [0, 0.1) is 6.92 Å². The number of carbonyl (C=O) groups is 1. The summed E-state index contributed by atoms with van der Waals surface area (Å²) in [6.07, 6.45) is -1.60. The van der Waals surface area contributed by atoms with Crippen molar-refractivity contribution < 1.29 is 18.0 Å². The molecular formula is C15H16F3N5O. The van der Waals surface area contributed by atoms with Gasteiger partial charge in [-0.25, -0.2) is 14.5 Å². The van der Waals surface area contributed by atoms with Gasteiger partial charge in [0, 0.05) is 12.1 Å². The second-order valence-corrected chi connectivity index (χ2v) is 5.67. The third kappa shape index (κ3) is 3.34. The molecule has 2 aromatic rings. The Morgan fingerprint density at radius 3 is 2.92 bits per heavy atom. The maximum atomic E-state index is 12.9. The van der Waals surface area contributed by atoms with Crippen molar-refractivity contribution in [3.05, 3.63) is 41.5 Å². The van der Waals surface area contributed by atoms with Crippen molar-refractivity contribution in [1.82, 2.24) is 20.1 Å². The second kappa shape index (κ2) is 6.14. The summed E-state index contributed by atoms with van der Waals surface area (Å²) in [6.45, 7) is 1.82. The summed E-state index contributed by atoms with van der Waals surface area (Å²) < 4.78 is 40.4. The number of aromatic nitrogens is 3. The van der Waals surface area contributed by atoms with Crippen LogP contribution in [0.5, 0.6) is 0 Å². The fourth-order valence-electron chi connectivity index (χ4n) is 2.78. The maximum Gasteiger partial charge on any atom is 0.416 e. The average molecular weight is 339 g/mol. The molecule has 0 radical (unpaired) electrons. The lowest BCUT2D eigenvalue weighted by molar-refractivity contribution is -0.138. The van der Waals surface area contributed by atoms with Crippen molar-refractivity contribution in [3.8, 4) is 0 Å². The van der Waals surface area contributed by atoms with Crippen molar-refractivity contribution in [2.75, 3.05) is 5.32 Å². The van der Waals surface area contributed by atoms with E-state index in [0.29, 0.717) is 19.4 Å². The third-order valence-electron chi connectivity index (χ3n) is 4.03.